The third-order valence-corrected chi connectivity index (χ3v) is 3.10. The van der Waals surface area contributed by atoms with Gasteiger partial charge in [0.25, 0.3) is 0 Å². The van der Waals surface area contributed by atoms with Crippen LogP contribution in [-0.4, -0.2) is 37.2 Å². The number of benzene rings is 1. The molecule has 1 aliphatic rings. The van der Waals surface area contributed by atoms with Crippen LogP contribution in [0, 0.1) is 5.92 Å². The largest absolute Gasteiger partial charge is 0.469 e. The number of likely N-dealkylation sites (tertiary alicyclic amines) is 1. The quantitative estimate of drug-likeness (QED) is 0.777. The Morgan fingerprint density at radius 2 is 1.95 bits per heavy atom. The van der Waals surface area contributed by atoms with Crippen molar-refractivity contribution < 1.29 is 19.1 Å². The van der Waals surface area contributed by atoms with Crippen LogP contribution in [0.5, 0.6) is 0 Å². The van der Waals surface area contributed by atoms with Gasteiger partial charge in [0, 0.05) is 19.0 Å². The Hall–Kier alpha value is -2.04. The van der Waals surface area contributed by atoms with Gasteiger partial charge in [-0.25, -0.2) is 4.79 Å². The maximum Gasteiger partial charge on any atom is 0.410 e. The number of amides is 1. The highest BCUT2D eigenvalue weighted by atomic mass is 16.6. The summed E-state index contributed by atoms with van der Waals surface area (Å²) < 4.78 is 9.77. The predicted octanol–water partition coefficient (Wildman–Crippen LogP) is 1.82. The number of carbonyl (C=O) groups excluding carboxylic acids is 2. The van der Waals surface area contributed by atoms with Crippen LogP contribution in [0.1, 0.15) is 12.0 Å². The molecule has 0 spiro atoms. The maximum absolute atomic E-state index is 11.7. The molecular weight excluding hydrogens is 246 g/mol. The van der Waals surface area contributed by atoms with Crippen LogP contribution in [0.2, 0.25) is 0 Å². The molecule has 1 fully saturated rings. The molecule has 1 aromatic rings. The van der Waals surface area contributed by atoms with Crippen molar-refractivity contribution in [3.63, 3.8) is 0 Å². The summed E-state index contributed by atoms with van der Waals surface area (Å²) >= 11 is 0. The molecule has 19 heavy (non-hydrogen) atoms. The van der Waals surface area contributed by atoms with Crippen LogP contribution in [0.15, 0.2) is 30.3 Å². The second-order valence-corrected chi connectivity index (χ2v) is 4.59. The van der Waals surface area contributed by atoms with E-state index in [1.165, 1.54) is 7.11 Å². The highest BCUT2D eigenvalue weighted by Gasteiger charge is 2.33. The number of hydrogen-bond donors (Lipinski definition) is 0. The standard InChI is InChI=1S/C14H17NO4/c1-18-13(16)7-12-8-15(9-12)14(17)19-10-11-5-3-2-4-6-11/h2-6,12H,7-10H2,1H3. The van der Waals surface area contributed by atoms with Gasteiger partial charge in [0.15, 0.2) is 0 Å². The van der Waals surface area contributed by atoms with Gasteiger partial charge in [0.05, 0.1) is 13.5 Å². The fourth-order valence-corrected chi connectivity index (χ4v) is 1.98. The molecule has 0 aliphatic carbocycles. The average Bonchev–Trinajstić information content (AvgIpc) is 2.40. The zero-order chi connectivity index (χ0) is 13.7. The first-order valence-electron chi connectivity index (χ1n) is 6.21. The first-order chi connectivity index (χ1) is 9.19. The Morgan fingerprint density at radius 1 is 1.26 bits per heavy atom. The third-order valence-electron chi connectivity index (χ3n) is 3.10. The van der Waals surface area contributed by atoms with Crippen molar-refractivity contribution in [2.24, 2.45) is 5.92 Å². The fraction of sp³-hybridized carbons (Fsp3) is 0.429. The summed E-state index contributed by atoms with van der Waals surface area (Å²) in [4.78, 5) is 24.3. The molecule has 1 amide bonds. The van der Waals surface area contributed by atoms with E-state index in [-0.39, 0.29) is 24.6 Å². The second-order valence-electron chi connectivity index (χ2n) is 4.59. The van der Waals surface area contributed by atoms with Crippen LogP contribution in [0.4, 0.5) is 4.79 Å². The Bertz CT molecular complexity index is 440. The van der Waals surface area contributed by atoms with E-state index in [2.05, 4.69) is 4.74 Å². The smallest absolute Gasteiger partial charge is 0.410 e. The second kappa shape index (κ2) is 6.22. The molecule has 1 aromatic carbocycles. The topological polar surface area (TPSA) is 55.8 Å². The molecule has 1 aliphatic heterocycles. The van der Waals surface area contributed by atoms with Crippen molar-refractivity contribution in [1.82, 2.24) is 4.90 Å². The minimum atomic E-state index is -0.329. The lowest BCUT2D eigenvalue weighted by atomic mass is 9.97. The van der Waals surface area contributed by atoms with Crippen molar-refractivity contribution in [2.45, 2.75) is 13.0 Å². The normalized spacial score (nSPS) is 14.7. The van der Waals surface area contributed by atoms with Gasteiger partial charge in [-0.3, -0.25) is 4.79 Å². The summed E-state index contributed by atoms with van der Waals surface area (Å²) in [7, 11) is 1.37. The van der Waals surface area contributed by atoms with Crippen LogP contribution in [0.25, 0.3) is 0 Å². The number of ether oxygens (including phenoxy) is 2. The molecule has 1 saturated heterocycles. The number of nitrogens with zero attached hydrogens (tertiary/aromatic N) is 1. The molecule has 0 N–H and O–H groups in total. The third kappa shape index (κ3) is 3.71. The average molecular weight is 263 g/mol. The lowest BCUT2D eigenvalue weighted by molar-refractivity contribution is -0.143. The molecule has 0 saturated carbocycles. The van der Waals surface area contributed by atoms with Crippen molar-refractivity contribution in [2.75, 3.05) is 20.2 Å². The van der Waals surface area contributed by atoms with E-state index < -0.39 is 0 Å². The number of hydrogen-bond acceptors (Lipinski definition) is 4. The summed E-state index contributed by atoms with van der Waals surface area (Å²) in [5.74, 6) is -0.0426. The number of rotatable bonds is 4. The van der Waals surface area contributed by atoms with Gasteiger partial charge < -0.3 is 14.4 Å². The minimum Gasteiger partial charge on any atom is -0.469 e. The molecule has 102 valence electrons. The van der Waals surface area contributed by atoms with Crippen molar-refractivity contribution in [3.05, 3.63) is 35.9 Å². The van der Waals surface area contributed by atoms with E-state index in [4.69, 9.17) is 4.74 Å². The molecule has 5 nitrogen and oxygen atoms in total. The lowest BCUT2D eigenvalue weighted by Crippen LogP contribution is -2.50. The van der Waals surface area contributed by atoms with Gasteiger partial charge in [-0.1, -0.05) is 30.3 Å². The minimum absolute atomic E-state index is 0.191. The Kier molecular flexibility index (Phi) is 4.39. The summed E-state index contributed by atoms with van der Waals surface area (Å²) in [6, 6.07) is 9.53. The maximum atomic E-state index is 11.7. The first-order valence-corrected chi connectivity index (χ1v) is 6.21. The van der Waals surface area contributed by atoms with Crippen LogP contribution in [0.3, 0.4) is 0 Å². The summed E-state index contributed by atoms with van der Waals surface area (Å²) in [6.45, 7) is 1.39. The highest BCUT2D eigenvalue weighted by Crippen LogP contribution is 2.20. The molecular formula is C14H17NO4. The Labute approximate surface area is 112 Å². The summed E-state index contributed by atoms with van der Waals surface area (Å²) in [6.07, 6.45) is 0.0314. The van der Waals surface area contributed by atoms with Gasteiger partial charge >= 0.3 is 12.1 Å². The monoisotopic (exact) mass is 263 g/mol. The lowest BCUT2D eigenvalue weighted by Gasteiger charge is -2.37. The zero-order valence-electron chi connectivity index (χ0n) is 10.9. The number of methoxy groups -OCH3 is 1. The molecule has 0 aromatic heterocycles. The fourth-order valence-electron chi connectivity index (χ4n) is 1.98. The van der Waals surface area contributed by atoms with Gasteiger partial charge in [0.2, 0.25) is 0 Å². The predicted molar refractivity (Wildman–Crippen MR) is 68.3 cm³/mol. The molecule has 0 atom stereocenters. The van der Waals surface area contributed by atoms with Crippen LogP contribution >= 0.6 is 0 Å². The molecule has 5 heteroatoms. The van der Waals surface area contributed by atoms with E-state index in [1.807, 2.05) is 30.3 Å². The van der Waals surface area contributed by atoms with Gasteiger partial charge in [-0.15, -0.1) is 0 Å². The number of carbonyl (C=O) groups is 2. The van der Waals surface area contributed by atoms with Crippen LogP contribution in [-0.2, 0) is 20.9 Å². The highest BCUT2D eigenvalue weighted by molar-refractivity contribution is 5.71. The SMILES string of the molecule is COC(=O)CC1CN(C(=O)OCc2ccccc2)C1. The van der Waals surface area contributed by atoms with Crippen molar-refractivity contribution in [1.29, 1.82) is 0 Å². The number of esters is 1. The molecule has 0 bridgehead atoms. The van der Waals surface area contributed by atoms with Gasteiger partial charge in [-0.05, 0) is 5.56 Å². The Balaban J connectivity index is 1.68. The van der Waals surface area contributed by atoms with E-state index in [0.29, 0.717) is 19.5 Å². The van der Waals surface area contributed by atoms with Crippen molar-refractivity contribution in [3.8, 4) is 0 Å². The Morgan fingerprint density at radius 3 is 2.58 bits per heavy atom. The van der Waals surface area contributed by atoms with Crippen molar-refractivity contribution >= 4 is 12.1 Å². The summed E-state index contributed by atoms with van der Waals surface area (Å²) in [5.41, 5.74) is 0.961. The van der Waals surface area contributed by atoms with E-state index in [1.54, 1.807) is 4.90 Å². The zero-order valence-corrected chi connectivity index (χ0v) is 10.9. The van der Waals surface area contributed by atoms with Crippen LogP contribution < -0.4 is 0 Å². The summed E-state index contributed by atoms with van der Waals surface area (Å²) in [5, 5.41) is 0. The first kappa shape index (κ1) is 13.4. The molecule has 1 heterocycles. The molecule has 2 rings (SSSR count). The molecule has 0 radical (unpaired) electrons. The van der Waals surface area contributed by atoms with E-state index >= 15 is 0 Å². The molecule has 0 unspecified atom stereocenters. The van der Waals surface area contributed by atoms with E-state index in [0.717, 1.165) is 5.56 Å². The van der Waals surface area contributed by atoms with Gasteiger partial charge in [-0.2, -0.15) is 0 Å². The van der Waals surface area contributed by atoms with Gasteiger partial charge in [0.1, 0.15) is 6.61 Å². The van der Waals surface area contributed by atoms with E-state index in [9.17, 15) is 9.59 Å².